The van der Waals surface area contributed by atoms with Gasteiger partial charge < -0.3 is 0 Å². The average Bonchev–Trinajstić information content (AvgIpc) is 1.85. The fraction of sp³-hybridized carbons (Fsp3) is 0. The SMILES string of the molecule is Clc1nc(Cl)c(Cl)s1. The minimum atomic E-state index is 0.279. The monoisotopic (exact) mass is 187 g/mol. The molecule has 1 heterocycles. The molecular weight excluding hydrogens is 188 g/mol. The van der Waals surface area contributed by atoms with Crippen LogP contribution in [-0.4, -0.2) is 4.98 Å². The Labute approximate surface area is 65.2 Å². The van der Waals surface area contributed by atoms with E-state index < -0.39 is 0 Å². The van der Waals surface area contributed by atoms with Crippen molar-refractivity contribution in [1.82, 2.24) is 4.98 Å². The van der Waals surface area contributed by atoms with Gasteiger partial charge in [-0.25, -0.2) is 4.98 Å². The molecular formula is C3Cl3NS. The Bertz CT molecular complexity index is 177. The molecule has 0 N–H and O–H groups in total. The number of hydrogen-bond acceptors (Lipinski definition) is 2. The third-order valence-electron chi connectivity index (χ3n) is 0.522. The van der Waals surface area contributed by atoms with E-state index in [4.69, 9.17) is 34.8 Å². The van der Waals surface area contributed by atoms with Crippen molar-refractivity contribution in [1.29, 1.82) is 0 Å². The summed E-state index contributed by atoms with van der Waals surface area (Å²) >= 11 is 17.4. The Morgan fingerprint density at radius 2 is 1.88 bits per heavy atom. The van der Waals surface area contributed by atoms with Gasteiger partial charge in [-0.1, -0.05) is 46.1 Å². The Kier molecular flexibility index (Phi) is 1.98. The third kappa shape index (κ3) is 1.26. The fourth-order valence-electron chi connectivity index (χ4n) is 0.260. The van der Waals surface area contributed by atoms with Crippen LogP contribution < -0.4 is 0 Å². The Hall–Kier alpha value is 0.500. The molecule has 0 aliphatic rings. The number of thiazole rings is 1. The lowest BCUT2D eigenvalue weighted by molar-refractivity contribution is 1.42. The van der Waals surface area contributed by atoms with Gasteiger partial charge in [-0.15, -0.1) is 0 Å². The first-order valence-electron chi connectivity index (χ1n) is 1.67. The first kappa shape index (κ1) is 6.62. The van der Waals surface area contributed by atoms with Crippen LogP contribution in [0.2, 0.25) is 14.0 Å². The second-order valence-electron chi connectivity index (χ2n) is 1.03. The Morgan fingerprint density at radius 3 is 2.00 bits per heavy atom. The van der Waals surface area contributed by atoms with Crippen molar-refractivity contribution in [2.45, 2.75) is 0 Å². The van der Waals surface area contributed by atoms with E-state index in [0.29, 0.717) is 8.80 Å². The lowest BCUT2D eigenvalue weighted by atomic mass is 11.0. The van der Waals surface area contributed by atoms with Gasteiger partial charge in [0.15, 0.2) is 9.62 Å². The normalized spacial score (nSPS) is 9.88. The van der Waals surface area contributed by atoms with Crippen molar-refractivity contribution in [2.24, 2.45) is 0 Å². The summed E-state index contributed by atoms with van der Waals surface area (Å²) in [4.78, 5) is 3.63. The summed E-state index contributed by atoms with van der Waals surface area (Å²) in [5, 5.41) is 0.279. The fourth-order valence-corrected chi connectivity index (χ4v) is 1.66. The van der Waals surface area contributed by atoms with Crippen molar-refractivity contribution >= 4 is 46.1 Å². The highest BCUT2D eigenvalue weighted by Gasteiger charge is 2.02. The van der Waals surface area contributed by atoms with Crippen molar-refractivity contribution in [3.05, 3.63) is 14.0 Å². The molecule has 0 unspecified atom stereocenters. The van der Waals surface area contributed by atoms with Gasteiger partial charge in [0, 0.05) is 0 Å². The molecule has 1 aromatic rings. The molecule has 0 aliphatic heterocycles. The molecule has 44 valence electrons. The van der Waals surface area contributed by atoms with E-state index in [-0.39, 0.29) is 5.15 Å². The molecule has 1 nitrogen and oxygen atoms in total. The summed E-state index contributed by atoms with van der Waals surface area (Å²) < 4.78 is 0.816. The minimum absolute atomic E-state index is 0.279. The molecule has 8 heavy (non-hydrogen) atoms. The van der Waals surface area contributed by atoms with Gasteiger partial charge in [0.25, 0.3) is 0 Å². The predicted octanol–water partition coefficient (Wildman–Crippen LogP) is 3.10. The molecule has 0 atom stereocenters. The second kappa shape index (κ2) is 2.40. The molecule has 0 saturated heterocycles. The molecule has 0 amide bonds. The highest BCUT2D eigenvalue weighted by molar-refractivity contribution is 7.20. The lowest BCUT2D eigenvalue weighted by Gasteiger charge is -1.71. The zero-order chi connectivity index (χ0) is 6.15. The molecule has 0 bridgehead atoms. The smallest absolute Gasteiger partial charge is 0.186 e. The summed E-state index contributed by atoms with van der Waals surface area (Å²) in [7, 11) is 0. The van der Waals surface area contributed by atoms with Crippen LogP contribution in [0, 0.1) is 0 Å². The first-order chi connectivity index (χ1) is 3.70. The molecule has 1 rings (SSSR count). The van der Waals surface area contributed by atoms with Crippen LogP contribution in [-0.2, 0) is 0 Å². The van der Waals surface area contributed by atoms with Gasteiger partial charge in [-0.05, 0) is 0 Å². The highest BCUT2D eigenvalue weighted by Crippen LogP contribution is 2.30. The predicted molar refractivity (Wildman–Crippen MR) is 37.1 cm³/mol. The summed E-state index contributed by atoms with van der Waals surface area (Å²) in [6, 6.07) is 0. The van der Waals surface area contributed by atoms with Gasteiger partial charge in [-0.2, -0.15) is 0 Å². The number of hydrogen-bond donors (Lipinski definition) is 0. The van der Waals surface area contributed by atoms with Gasteiger partial charge in [-0.3, -0.25) is 0 Å². The lowest BCUT2D eigenvalue weighted by Crippen LogP contribution is -1.57. The molecule has 0 spiro atoms. The van der Waals surface area contributed by atoms with Crippen LogP contribution in [0.15, 0.2) is 0 Å². The van der Waals surface area contributed by atoms with Crippen LogP contribution in [0.4, 0.5) is 0 Å². The summed E-state index contributed by atoms with van der Waals surface area (Å²) in [5.74, 6) is 0. The molecule has 5 heteroatoms. The van der Waals surface area contributed by atoms with Crippen molar-refractivity contribution < 1.29 is 0 Å². The molecule has 0 aromatic carbocycles. The van der Waals surface area contributed by atoms with Crippen molar-refractivity contribution in [2.75, 3.05) is 0 Å². The van der Waals surface area contributed by atoms with E-state index in [1.54, 1.807) is 0 Å². The second-order valence-corrected chi connectivity index (χ2v) is 3.57. The van der Waals surface area contributed by atoms with Crippen LogP contribution in [0.5, 0.6) is 0 Å². The van der Waals surface area contributed by atoms with Crippen molar-refractivity contribution in [3.8, 4) is 0 Å². The van der Waals surface area contributed by atoms with E-state index in [2.05, 4.69) is 4.98 Å². The van der Waals surface area contributed by atoms with Gasteiger partial charge >= 0.3 is 0 Å². The van der Waals surface area contributed by atoms with Crippen LogP contribution in [0.3, 0.4) is 0 Å². The van der Waals surface area contributed by atoms with Gasteiger partial charge in [0.2, 0.25) is 0 Å². The van der Waals surface area contributed by atoms with E-state index in [0.717, 1.165) is 11.3 Å². The maximum atomic E-state index is 5.47. The third-order valence-corrected chi connectivity index (χ3v) is 2.36. The quantitative estimate of drug-likeness (QED) is 0.610. The molecule has 0 fully saturated rings. The summed E-state index contributed by atoms with van der Waals surface area (Å²) in [6.45, 7) is 0. The largest absolute Gasteiger partial charge is 0.211 e. The number of halogens is 3. The van der Waals surface area contributed by atoms with E-state index in [1.165, 1.54) is 0 Å². The maximum Gasteiger partial charge on any atom is 0.186 e. The maximum absolute atomic E-state index is 5.47. The Morgan fingerprint density at radius 1 is 1.25 bits per heavy atom. The first-order valence-corrected chi connectivity index (χ1v) is 3.62. The van der Waals surface area contributed by atoms with Gasteiger partial charge in [0.1, 0.15) is 4.34 Å². The zero-order valence-corrected chi connectivity index (χ0v) is 6.57. The topological polar surface area (TPSA) is 12.9 Å². The number of rotatable bonds is 0. The number of aromatic nitrogens is 1. The van der Waals surface area contributed by atoms with Gasteiger partial charge in [0.05, 0.1) is 0 Å². The molecule has 0 saturated carbocycles. The summed E-state index contributed by atoms with van der Waals surface area (Å²) in [5.41, 5.74) is 0. The van der Waals surface area contributed by atoms with Crippen LogP contribution >= 0.6 is 46.1 Å². The molecule has 1 aromatic heterocycles. The minimum Gasteiger partial charge on any atom is -0.211 e. The van der Waals surface area contributed by atoms with Crippen LogP contribution in [0.25, 0.3) is 0 Å². The number of nitrogens with zero attached hydrogens (tertiary/aromatic N) is 1. The van der Waals surface area contributed by atoms with E-state index >= 15 is 0 Å². The molecule has 0 radical (unpaired) electrons. The standard InChI is InChI=1S/C3Cl3NS/c4-1-2(5)8-3(6)7-1. The highest BCUT2D eigenvalue weighted by atomic mass is 35.5. The van der Waals surface area contributed by atoms with E-state index in [9.17, 15) is 0 Å². The van der Waals surface area contributed by atoms with Crippen molar-refractivity contribution in [3.63, 3.8) is 0 Å². The summed E-state index contributed by atoms with van der Waals surface area (Å²) in [6.07, 6.45) is 0. The molecule has 0 aliphatic carbocycles. The van der Waals surface area contributed by atoms with Crippen LogP contribution in [0.1, 0.15) is 0 Å². The zero-order valence-electron chi connectivity index (χ0n) is 3.49. The Balaban J connectivity index is 3.14. The van der Waals surface area contributed by atoms with E-state index in [1.807, 2.05) is 0 Å². The average molecular weight is 188 g/mol.